The van der Waals surface area contributed by atoms with Gasteiger partial charge in [-0.25, -0.2) is 14.8 Å². The maximum atomic E-state index is 12.0. The van der Waals surface area contributed by atoms with Crippen LogP contribution in [0.15, 0.2) is 36.5 Å². The fraction of sp³-hybridized carbons (Fsp3) is 0.353. The zero-order valence-electron chi connectivity index (χ0n) is 13.3. The molecule has 7 heteroatoms. The van der Waals surface area contributed by atoms with Gasteiger partial charge in [-0.3, -0.25) is 0 Å². The predicted molar refractivity (Wildman–Crippen MR) is 95.4 cm³/mol. The van der Waals surface area contributed by atoms with Crippen LogP contribution >= 0.6 is 11.6 Å². The fourth-order valence-electron chi connectivity index (χ4n) is 2.64. The Hall–Kier alpha value is -2.34. The monoisotopic (exact) mass is 345 g/mol. The first kappa shape index (κ1) is 16.5. The lowest BCUT2D eigenvalue weighted by Crippen LogP contribution is -2.32. The summed E-state index contributed by atoms with van der Waals surface area (Å²) in [5, 5.41) is 6.12. The maximum Gasteiger partial charge on any atom is 0.319 e. The summed E-state index contributed by atoms with van der Waals surface area (Å²) in [6, 6.07) is 8.54. The van der Waals surface area contributed by atoms with E-state index >= 15 is 0 Å². The zero-order chi connectivity index (χ0) is 16.8. The van der Waals surface area contributed by atoms with E-state index in [0.29, 0.717) is 17.3 Å². The van der Waals surface area contributed by atoms with E-state index in [1.165, 1.54) is 19.3 Å². The number of aromatic nitrogens is 2. The van der Waals surface area contributed by atoms with Gasteiger partial charge in [-0.2, -0.15) is 0 Å². The maximum absolute atomic E-state index is 12.0. The van der Waals surface area contributed by atoms with Crippen LogP contribution in [-0.4, -0.2) is 29.1 Å². The lowest BCUT2D eigenvalue weighted by atomic mass is 10.1. The average Bonchev–Trinajstić information content (AvgIpc) is 2.61. The molecule has 0 unspecified atom stereocenters. The molecule has 24 heavy (non-hydrogen) atoms. The molecule has 0 bridgehead atoms. The molecule has 0 spiro atoms. The molecule has 1 aromatic heterocycles. The number of hydrogen-bond acceptors (Lipinski definition) is 4. The summed E-state index contributed by atoms with van der Waals surface area (Å²) < 4.78 is 0. The van der Waals surface area contributed by atoms with Crippen molar-refractivity contribution in [1.29, 1.82) is 0 Å². The van der Waals surface area contributed by atoms with Crippen molar-refractivity contribution in [2.45, 2.75) is 25.8 Å². The molecule has 3 rings (SSSR count). The van der Waals surface area contributed by atoms with Crippen LogP contribution in [0.1, 0.15) is 25.0 Å². The smallest absolute Gasteiger partial charge is 0.319 e. The van der Waals surface area contributed by atoms with Crippen LogP contribution in [0.25, 0.3) is 0 Å². The lowest BCUT2D eigenvalue weighted by molar-refractivity contribution is 0.251. The molecule has 2 N–H and O–H groups in total. The molecule has 1 aromatic carbocycles. The largest absolute Gasteiger partial charge is 0.341 e. The number of benzene rings is 1. The number of rotatable bonds is 4. The van der Waals surface area contributed by atoms with Crippen molar-refractivity contribution in [3.8, 4) is 0 Å². The first-order chi connectivity index (χ1) is 11.7. The van der Waals surface area contributed by atoms with E-state index in [9.17, 15) is 4.79 Å². The summed E-state index contributed by atoms with van der Waals surface area (Å²) >= 11 is 5.90. The van der Waals surface area contributed by atoms with Gasteiger partial charge in [0.2, 0.25) is 5.95 Å². The Morgan fingerprint density at radius 1 is 1.21 bits per heavy atom. The number of anilines is 2. The summed E-state index contributed by atoms with van der Waals surface area (Å²) in [5.41, 5.74) is 1.43. The summed E-state index contributed by atoms with van der Waals surface area (Å²) in [4.78, 5) is 23.0. The normalized spacial score (nSPS) is 14.3. The van der Waals surface area contributed by atoms with Crippen LogP contribution in [0.3, 0.4) is 0 Å². The van der Waals surface area contributed by atoms with Crippen LogP contribution in [0, 0.1) is 0 Å². The highest BCUT2D eigenvalue weighted by Crippen LogP contribution is 2.16. The van der Waals surface area contributed by atoms with E-state index < -0.39 is 0 Å². The quantitative estimate of drug-likeness (QED) is 0.890. The van der Waals surface area contributed by atoms with Gasteiger partial charge in [0.25, 0.3) is 0 Å². The molecular weight excluding hydrogens is 326 g/mol. The summed E-state index contributed by atoms with van der Waals surface area (Å²) in [6.07, 6.45) is 5.35. The molecule has 1 fully saturated rings. The predicted octanol–water partition coefficient (Wildman–Crippen LogP) is 3.44. The second-order valence-corrected chi connectivity index (χ2v) is 6.15. The number of urea groups is 1. The third-order valence-electron chi connectivity index (χ3n) is 3.85. The number of halogens is 1. The van der Waals surface area contributed by atoms with Crippen molar-refractivity contribution in [1.82, 2.24) is 15.3 Å². The van der Waals surface area contributed by atoms with Gasteiger partial charge in [-0.05, 0) is 43.5 Å². The van der Waals surface area contributed by atoms with E-state index in [0.717, 1.165) is 24.7 Å². The van der Waals surface area contributed by atoms with E-state index in [1.807, 2.05) is 6.07 Å². The van der Waals surface area contributed by atoms with Crippen LogP contribution in [0.2, 0.25) is 5.02 Å². The Balaban J connectivity index is 1.55. The Kier molecular flexibility index (Phi) is 5.48. The van der Waals surface area contributed by atoms with Crippen LogP contribution in [0.4, 0.5) is 16.4 Å². The summed E-state index contributed by atoms with van der Waals surface area (Å²) in [6.45, 7) is 2.33. The highest BCUT2D eigenvalue weighted by Gasteiger charge is 2.13. The Labute approximate surface area is 146 Å². The van der Waals surface area contributed by atoms with E-state index in [1.54, 1.807) is 30.5 Å². The van der Waals surface area contributed by atoms with Crippen molar-refractivity contribution < 1.29 is 4.79 Å². The number of carbonyl (C=O) groups is 1. The van der Waals surface area contributed by atoms with Crippen LogP contribution in [0.5, 0.6) is 0 Å². The Bertz CT molecular complexity index is 703. The van der Waals surface area contributed by atoms with Crippen LogP contribution in [-0.2, 0) is 6.54 Å². The number of nitrogens with one attached hydrogen (secondary N) is 2. The molecule has 0 atom stereocenters. The van der Waals surface area contributed by atoms with Gasteiger partial charge in [0.05, 0.1) is 12.2 Å². The number of piperidine rings is 1. The second-order valence-electron chi connectivity index (χ2n) is 5.71. The van der Waals surface area contributed by atoms with Gasteiger partial charge in [0.15, 0.2) is 0 Å². The number of carbonyl (C=O) groups excluding carboxylic acids is 1. The van der Waals surface area contributed by atoms with Gasteiger partial charge in [-0.15, -0.1) is 0 Å². The number of hydrogen-bond donors (Lipinski definition) is 2. The number of nitrogens with zero attached hydrogens (tertiary/aromatic N) is 3. The Morgan fingerprint density at radius 2 is 2.04 bits per heavy atom. The van der Waals surface area contributed by atoms with Gasteiger partial charge < -0.3 is 15.5 Å². The highest BCUT2D eigenvalue weighted by atomic mass is 35.5. The molecule has 1 saturated heterocycles. The molecule has 0 radical (unpaired) electrons. The fourth-order valence-corrected chi connectivity index (χ4v) is 2.83. The van der Waals surface area contributed by atoms with E-state index in [2.05, 4.69) is 25.5 Å². The standard InChI is InChI=1S/C17H20ClN5O/c18-13-5-4-6-14(11-13)22-17(24)20-12-15-7-8-19-16(21-15)23-9-2-1-3-10-23/h4-8,11H,1-3,9-10,12H2,(H2,20,22,24). The average molecular weight is 346 g/mol. The Morgan fingerprint density at radius 3 is 2.83 bits per heavy atom. The molecule has 2 aromatic rings. The minimum Gasteiger partial charge on any atom is -0.341 e. The minimum atomic E-state index is -0.296. The molecule has 1 aliphatic heterocycles. The van der Waals surface area contributed by atoms with E-state index in [4.69, 9.17) is 11.6 Å². The van der Waals surface area contributed by atoms with Gasteiger partial charge in [0.1, 0.15) is 0 Å². The van der Waals surface area contributed by atoms with Crippen molar-refractivity contribution in [3.05, 3.63) is 47.2 Å². The van der Waals surface area contributed by atoms with Gasteiger partial charge >= 0.3 is 6.03 Å². The summed E-state index contributed by atoms with van der Waals surface area (Å²) in [7, 11) is 0. The van der Waals surface area contributed by atoms with Crippen LogP contribution < -0.4 is 15.5 Å². The minimum absolute atomic E-state index is 0.296. The topological polar surface area (TPSA) is 70.2 Å². The van der Waals surface area contributed by atoms with Crippen molar-refractivity contribution in [2.24, 2.45) is 0 Å². The molecule has 1 aliphatic rings. The molecule has 2 heterocycles. The van der Waals surface area contributed by atoms with Crippen molar-refractivity contribution in [2.75, 3.05) is 23.3 Å². The molecule has 6 nitrogen and oxygen atoms in total. The first-order valence-electron chi connectivity index (χ1n) is 8.08. The van der Waals surface area contributed by atoms with Gasteiger partial charge in [0, 0.05) is 30.0 Å². The lowest BCUT2D eigenvalue weighted by Gasteiger charge is -2.26. The molecule has 126 valence electrons. The second kappa shape index (κ2) is 7.97. The molecule has 0 aliphatic carbocycles. The molecule has 2 amide bonds. The first-order valence-corrected chi connectivity index (χ1v) is 8.46. The zero-order valence-corrected chi connectivity index (χ0v) is 14.1. The number of amides is 2. The van der Waals surface area contributed by atoms with Gasteiger partial charge in [-0.1, -0.05) is 17.7 Å². The molecular formula is C17H20ClN5O. The highest BCUT2D eigenvalue weighted by molar-refractivity contribution is 6.30. The third kappa shape index (κ3) is 4.58. The molecule has 0 saturated carbocycles. The van der Waals surface area contributed by atoms with Crippen molar-refractivity contribution >= 4 is 29.3 Å². The van der Waals surface area contributed by atoms with Crippen molar-refractivity contribution in [3.63, 3.8) is 0 Å². The van der Waals surface area contributed by atoms with E-state index in [-0.39, 0.29) is 6.03 Å². The SMILES string of the molecule is O=C(NCc1ccnc(N2CCCCC2)n1)Nc1cccc(Cl)c1. The summed E-state index contributed by atoms with van der Waals surface area (Å²) in [5.74, 6) is 0.740. The third-order valence-corrected chi connectivity index (χ3v) is 4.09.